The van der Waals surface area contributed by atoms with Crippen molar-refractivity contribution in [1.82, 2.24) is 0 Å². The summed E-state index contributed by atoms with van der Waals surface area (Å²) in [6.07, 6.45) is 1.06. The van der Waals surface area contributed by atoms with Crippen LogP contribution in [0.15, 0.2) is 42.5 Å². The Labute approximate surface area is 103 Å². The van der Waals surface area contributed by atoms with Crippen LogP contribution in [0.25, 0.3) is 11.1 Å². The third kappa shape index (κ3) is 2.33. The van der Waals surface area contributed by atoms with Gasteiger partial charge in [0.15, 0.2) is 0 Å². The summed E-state index contributed by atoms with van der Waals surface area (Å²) in [5.74, 6) is 0.929. The average Bonchev–Trinajstić information content (AvgIpc) is 2.39. The minimum absolute atomic E-state index is 0.929. The minimum Gasteiger partial charge on any atom is -0.496 e. The molecule has 0 aliphatic heterocycles. The summed E-state index contributed by atoms with van der Waals surface area (Å²) < 4.78 is 5.40. The van der Waals surface area contributed by atoms with Gasteiger partial charge in [-0.2, -0.15) is 0 Å². The van der Waals surface area contributed by atoms with Crippen LogP contribution in [-0.2, 0) is 6.42 Å². The van der Waals surface area contributed by atoms with E-state index in [1.165, 1.54) is 16.7 Å². The molecule has 1 nitrogen and oxygen atoms in total. The Bertz CT molecular complexity index is 515. The summed E-state index contributed by atoms with van der Waals surface area (Å²) in [6.45, 7) is 4.35. The molecule has 2 aromatic rings. The molecular formula is C16H18O. The van der Waals surface area contributed by atoms with E-state index in [2.05, 4.69) is 38.1 Å². The average molecular weight is 226 g/mol. The smallest absolute Gasteiger partial charge is 0.126 e. The maximum atomic E-state index is 5.40. The molecule has 0 unspecified atom stereocenters. The predicted molar refractivity (Wildman–Crippen MR) is 72.5 cm³/mol. The van der Waals surface area contributed by atoms with E-state index in [1.807, 2.05) is 18.2 Å². The molecule has 0 N–H and O–H groups in total. The lowest BCUT2D eigenvalue weighted by molar-refractivity contribution is 0.416. The van der Waals surface area contributed by atoms with Crippen molar-refractivity contribution in [1.29, 1.82) is 0 Å². The van der Waals surface area contributed by atoms with Crippen LogP contribution in [0.1, 0.15) is 18.1 Å². The molecule has 0 fully saturated rings. The van der Waals surface area contributed by atoms with Crippen molar-refractivity contribution in [2.24, 2.45) is 0 Å². The van der Waals surface area contributed by atoms with Gasteiger partial charge in [0.05, 0.1) is 7.11 Å². The molecule has 0 spiro atoms. The van der Waals surface area contributed by atoms with Crippen LogP contribution >= 0.6 is 0 Å². The first kappa shape index (κ1) is 11.7. The standard InChI is InChI=1S/C16H18O/c1-4-13-11-14(10-9-12(13)2)15-7-5-6-8-16(15)17-3/h5-11H,4H2,1-3H3. The van der Waals surface area contributed by atoms with Gasteiger partial charge in [-0.05, 0) is 36.1 Å². The second kappa shape index (κ2) is 5.05. The molecule has 88 valence electrons. The molecule has 2 rings (SSSR count). The maximum Gasteiger partial charge on any atom is 0.126 e. The molecule has 0 aliphatic carbocycles. The molecular weight excluding hydrogens is 208 g/mol. The van der Waals surface area contributed by atoms with Crippen molar-refractivity contribution in [3.05, 3.63) is 53.6 Å². The normalized spacial score (nSPS) is 10.3. The molecule has 0 bridgehead atoms. The van der Waals surface area contributed by atoms with Crippen LogP contribution in [0.2, 0.25) is 0 Å². The lowest BCUT2D eigenvalue weighted by Gasteiger charge is -2.11. The molecule has 0 saturated heterocycles. The van der Waals surface area contributed by atoms with Crippen LogP contribution in [0.4, 0.5) is 0 Å². The van der Waals surface area contributed by atoms with Crippen LogP contribution < -0.4 is 4.74 Å². The van der Waals surface area contributed by atoms with Crippen molar-refractivity contribution in [3.8, 4) is 16.9 Å². The highest BCUT2D eigenvalue weighted by Gasteiger charge is 2.06. The zero-order valence-electron chi connectivity index (χ0n) is 10.7. The van der Waals surface area contributed by atoms with E-state index >= 15 is 0 Å². The number of ether oxygens (including phenoxy) is 1. The van der Waals surface area contributed by atoms with Crippen molar-refractivity contribution in [3.63, 3.8) is 0 Å². The van der Waals surface area contributed by atoms with Gasteiger partial charge >= 0.3 is 0 Å². The minimum atomic E-state index is 0.929. The highest BCUT2D eigenvalue weighted by molar-refractivity contribution is 5.71. The number of aryl methyl sites for hydroxylation is 2. The topological polar surface area (TPSA) is 9.23 Å². The maximum absolute atomic E-state index is 5.40. The Kier molecular flexibility index (Phi) is 3.48. The summed E-state index contributed by atoms with van der Waals surface area (Å²) >= 11 is 0. The van der Waals surface area contributed by atoms with Crippen molar-refractivity contribution in [2.75, 3.05) is 7.11 Å². The fourth-order valence-electron chi connectivity index (χ4n) is 2.10. The summed E-state index contributed by atoms with van der Waals surface area (Å²) in [6, 6.07) is 14.7. The molecule has 0 atom stereocenters. The third-order valence-electron chi connectivity index (χ3n) is 3.15. The Balaban J connectivity index is 2.53. The number of rotatable bonds is 3. The quantitative estimate of drug-likeness (QED) is 0.761. The molecule has 2 aromatic carbocycles. The van der Waals surface area contributed by atoms with Crippen LogP contribution in [0, 0.1) is 6.92 Å². The number of methoxy groups -OCH3 is 1. The second-order valence-corrected chi connectivity index (χ2v) is 4.20. The Morgan fingerprint density at radius 1 is 1.06 bits per heavy atom. The Hall–Kier alpha value is -1.76. The third-order valence-corrected chi connectivity index (χ3v) is 3.15. The zero-order chi connectivity index (χ0) is 12.3. The predicted octanol–water partition coefficient (Wildman–Crippen LogP) is 4.23. The van der Waals surface area contributed by atoms with Crippen LogP contribution in [0.3, 0.4) is 0 Å². The fraction of sp³-hybridized carbons (Fsp3) is 0.250. The summed E-state index contributed by atoms with van der Waals surface area (Å²) in [5, 5.41) is 0. The number of hydrogen-bond acceptors (Lipinski definition) is 1. The Morgan fingerprint density at radius 3 is 2.53 bits per heavy atom. The lowest BCUT2D eigenvalue weighted by Crippen LogP contribution is -1.90. The van der Waals surface area contributed by atoms with E-state index in [4.69, 9.17) is 4.74 Å². The molecule has 0 radical (unpaired) electrons. The van der Waals surface area contributed by atoms with E-state index in [0.717, 1.165) is 17.7 Å². The molecule has 0 amide bonds. The zero-order valence-corrected chi connectivity index (χ0v) is 10.7. The molecule has 0 heterocycles. The number of benzene rings is 2. The second-order valence-electron chi connectivity index (χ2n) is 4.20. The monoisotopic (exact) mass is 226 g/mol. The van der Waals surface area contributed by atoms with Gasteiger partial charge in [0.25, 0.3) is 0 Å². The van der Waals surface area contributed by atoms with Gasteiger partial charge < -0.3 is 4.74 Å². The highest BCUT2D eigenvalue weighted by Crippen LogP contribution is 2.30. The van der Waals surface area contributed by atoms with E-state index in [9.17, 15) is 0 Å². The van der Waals surface area contributed by atoms with Crippen molar-refractivity contribution in [2.45, 2.75) is 20.3 Å². The first-order chi connectivity index (χ1) is 8.26. The summed E-state index contributed by atoms with van der Waals surface area (Å²) in [5.41, 5.74) is 5.13. The SMILES string of the molecule is CCc1cc(-c2ccccc2OC)ccc1C. The highest BCUT2D eigenvalue weighted by atomic mass is 16.5. The van der Waals surface area contributed by atoms with Gasteiger partial charge in [-0.3, -0.25) is 0 Å². The van der Waals surface area contributed by atoms with Gasteiger partial charge in [-0.25, -0.2) is 0 Å². The van der Waals surface area contributed by atoms with Crippen molar-refractivity contribution >= 4 is 0 Å². The van der Waals surface area contributed by atoms with Crippen LogP contribution in [-0.4, -0.2) is 7.11 Å². The van der Waals surface area contributed by atoms with Gasteiger partial charge in [0.2, 0.25) is 0 Å². The molecule has 0 aliphatic rings. The molecule has 1 heteroatoms. The Morgan fingerprint density at radius 2 is 1.82 bits per heavy atom. The van der Waals surface area contributed by atoms with E-state index < -0.39 is 0 Å². The molecule has 17 heavy (non-hydrogen) atoms. The first-order valence-corrected chi connectivity index (χ1v) is 5.99. The van der Waals surface area contributed by atoms with Crippen molar-refractivity contribution < 1.29 is 4.74 Å². The lowest BCUT2D eigenvalue weighted by atomic mass is 9.98. The molecule has 0 saturated carbocycles. The first-order valence-electron chi connectivity index (χ1n) is 5.99. The van der Waals surface area contributed by atoms with Crippen LogP contribution in [0.5, 0.6) is 5.75 Å². The molecule has 0 aromatic heterocycles. The number of hydrogen-bond donors (Lipinski definition) is 0. The van der Waals surface area contributed by atoms with E-state index in [1.54, 1.807) is 7.11 Å². The fourth-order valence-corrected chi connectivity index (χ4v) is 2.10. The number of para-hydroxylation sites is 1. The van der Waals surface area contributed by atoms with Gasteiger partial charge in [0, 0.05) is 5.56 Å². The van der Waals surface area contributed by atoms with E-state index in [0.29, 0.717) is 0 Å². The van der Waals surface area contributed by atoms with Gasteiger partial charge in [0.1, 0.15) is 5.75 Å². The van der Waals surface area contributed by atoms with Gasteiger partial charge in [-0.1, -0.05) is 43.3 Å². The largest absolute Gasteiger partial charge is 0.496 e. The van der Waals surface area contributed by atoms with Gasteiger partial charge in [-0.15, -0.1) is 0 Å². The van der Waals surface area contributed by atoms with E-state index in [-0.39, 0.29) is 0 Å². The summed E-state index contributed by atoms with van der Waals surface area (Å²) in [7, 11) is 1.72. The summed E-state index contributed by atoms with van der Waals surface area (Å²) in [4.78, 5) is 0.